The summed E-state index contributed by atoms with van der Waals surface area (Å²) in [4.78, 5) is 11.7. The topological polar surface area (TPSA) is 61.5 Å². The van der Waals surface area contributed by atoms with E-state index in [1.165, 1.54) is 0 Å². The molecule has 0 bridgehead atoms. The standard InChI is InChI=1S/C11H14BrNO3/c1-7(6-15-2)16-11(14)8-3-9(12)5-10(13)4-8/h3-5,7H,6,13H2,1-2H3. The first-order valence-electron chi connectivity index (χ1n) is 4.79. The van der Waals surface area contributed by atoms with Crippen molar-refractivity contribution in [3.63, 3.8) is 0 Å². The summed E-state index contributed by atoms with van der Waals surface area (Å²) in [5.74, 6) is -0.405. The van der Waals surface area contributed by atoms with E-state index in [1.54, 1.807) is 32.2 Å². The van der Waals surface area contributed by atoms with Crippen LogP contribution in [0.4, 0.5) is 5.69 Å². The van der Waals surface area contributed by atoms with Crippen LogP contribution < -0.4 is 5.73 Å². The number of esters is 1. The van der Waals surface area contributed by atoms with Gasteiger partial charge < -0.3 is 15.2 Å². The molecule has 0 radical (unpaired) electrons. The maximum atomic E-state index is 11.7. The van der Waals surface area contributed by atoms with E-state index in [0.717, 1.165) is 4.47 Å². The van der Waals surface area contributed by atoms with Gasteiger partial charge in [0, 0.05) is 17.3 Å². The summed E-state index contributed by atoms with van der Waals surface area (Å²) in [6.07, 6.45) is -0.280. The summed E-state index contributed by atoms with van der Waals surface area (Å²) in [6, 6.07) is 4.96. The Labute approximate surface area is 103 Å². The molecular formula is C11H14BrNO3. The van der Waals surface area contributed by atoms with E-state index in [0.29, 0.717) is 17.9 Å². The van der Waals surface area contributed by atoms with Crippen LogP contribution in [0.1, 0.15) is 17.3 Å². The zero-order valence-electron chi connectivity index (χ0n) is 9.20. The third-order valence-electron chi connectivity index (χ3n) is 1.87. The predicted octanol–water partition coefficient (Wildman–Crippen LogP) is 2.22. The van der Waals surface area contributed by atoms with Crippen molar-refractivity contribution in [1.82, 2.24) is 0 Å². The number of methoxy groups -OCH3 is 1. The quantitative estimate of drug-likeness (QED) is 0.681. The van der Waals surface area contributed by atoms with E-state index in [9.17, 15) is 4.79 Å². The Balaban J connectivity index is 2.72. The summed E-state index contributed by atoms with van der Waals surface area (Å²) >= 11 is 3.27. The molecule has 16 heavy (non-hydrogen) atoms. The summed E-state index contributed by atoms with van der Waals surface area (Å²) in [5, 5.41) is 0. The Morgan fingerprint density at radius 1 is 1.50 bits per heavy atom. The van der Waals surface area contributed by atoms with Crippen molar-refractivity contribution in [1.29, 1.82) is 0 Å². The first-order chi connectivity index (χ1) is 7.52. The average molecular weight is 288 g/mol. The lowest BCUT2D eigenvalue weighted by molar-refractivity contribution is 0.0120. The molecule has 0 spiro atoms. The lowest BCUT2D eigenvalue weighted by Crippen LogP contribution is -2.19. The highest BCUT2D eigenvalue weighted by molar-refractivity contribution is 9.10. The minimum Gasteiger partial charge on any atom is -0.457 e. The van der Waals surface area contributed by atoms with Gasteiger partial charge in [-0.25, -0.2) is 4.79 Å². The van der Waals surface area contributed by atoms with E-state index < -0.39 is 5.97 Å². The lowest BCUT2D eigenvalue weighted by atomic mass is 10.2. The van der Waals surface area contributed by atoms with Gasteiger partial charge in [0.05, 0.1) is 12.2 Å². The third-order valence-corrected chi connectivity index (χ3v) is 2.32. The summed E-state index contributed by atoms with van der Waals surface area (Å²) < 4.78 is 10.8. The van der Waals surface area contributed by atoms with Crippen LogP contribution >= 0.6 is 15.9 Å². The molecule has 0 amide bonds. The third kappa shape index (κ3) is 3.83. The number of anilines is 1. The van der Waals surface area contributed by atoms with E-state index in [4.69, 9.17) is 15.2 Å². The number of carbonyl (C=O) groups excluding carboxylic acids is 1. The molecule has 0 fully saturated rings. The van der Waals surface area contributed by atoms with E-state index >= 15 is 0 Å². The number of rotatable bonds is 4. The number of nitrogens with two attached hydrogens (primary N) is 1. The van der Waals surface area contributed by atoms with Crippen molar-refractivity contribution in [3.05, 3.63) is 28.2 Å². The van der Waals surface area contributed by atoms with Crippen molar-refractivity contribution < 1.29 is 14.3 Å². The molecule has 88 valence electrons. The van der Waals surface area contributed by atoms with Gasteiger partial charge >= 0.3 is 5.97 Å². The van der Waals surface area contributed by atoms with Crippen molar-refractivity contribution in [2.24, 2.45) is 0 Å². The molecule has 0 saturated carbocycles. The van der Waals surface area contributed by atoms with Crippen LogP contribution in [0.3, 0.4) is 0 Å². The van der Waals surface area contributed by atoms with Gasteiger partial charge in [-0.2, -0.15) is 0 Å². The Morgan fingerprint density at radius 2 is 2.19 bits per heavy atom. The summed E-state index contributed by atoms with van der Waals surface area (Å²) in [7, 11) is 1.56. The molecule has 1 aromatic carbocycles. The lowest BCUT2D eigenvalue weighted by Gasteiger charge is -2.12. The monoisotopic (exact) mass is 287 g/mol. The van der Waals surface area contributed by atoms with Gasteiger partial charge in [0.2, 0.25) is 0 Å². The number of nitrogen functional groups attached to an aromatic ring is 1. The van der Waals surface area contributed by atoms with Crippen LogP contribution in [0.25, 0.3) is 0 Å². The van der Waals surface area contributed by atoms with Gasteiger partial charge in [0.15, 0.2) is 0 Å². The van der Waals surface area contributed by atoms with Crippen LogP contribution in [-0.2, 0) is 9.47 Å². The maximum absolute atomic E-state index is 11.7. The largest absolute Gasteiger partial charge is 0.457 e. The number of benzene rings is 1. The van der Waals surface area contributed by atoms with Gasteiger partial charge in [-0.15, -0.1) is 0 Å². The fourth-order valence-electron chi connectivity index (χ4n) is 1.25. The number of hydrogen-bond acceptors (Lipinski definition) is 4. The molecule has 5 heteroatoms. The van der Waals surface area contributed by atoms with Crippen molar-refractivity contribution >= 4 is 27.6 Å². The van der Waals surface area contributed by atoms with Crippen LogP contribution in [0, 0.1) is 0 Å². The van der Waals surface area contributed by atoms with Crippen LogP contribution in [0.5, 0.6) is 0 Å². The second kappa shape index (κ2) is 5.86. The highest BCUT2D eigenvalue weighted by Gasteiger charge is 2.12. The summed E-state index contributed by atoms with van der Waals surface area (Å²) in [6.45, 7) is 2.14. The number of halogens is 1. The normalized spacial score (nSPS) is 12.2. The number of carbonyl (C=O) groups is 1. The Kier molecular flexibility index (Phi) is 4.76. The summed E-state index contributed by atoms with van der Waals surface area (Å²) in [5.41, 5.74) is 6.56. The van der Waals surface area contributed by atoms with Crippen LogP contribution in [0.15, 0.2) is 22.7 Å². The maximum Gasteiger partial charge on any atom is 0.338 e. The molecule has 0 aliphatic rings. The Hall–Kier alpha value is -1.07. The molecule has 0 aliphatic heterocycles. The molecule has 0 heterocycles. The highest BCUT2D eigenvalue weighted by Crippen LogP contribution is 2.18. The van der Waals surface area contributed by atoms with Crippen LogP contribution in [-0.4, -0.2) is 25.8 Å². The van der Waals surface area contributed by atoms with Crippen molar-refractivity contribution in [3.8, 4) is 0 Å². The molecule has 2 N–H and O–H groups in total. The van der Waals surface area contributed by atoms with Gasteiger partial charge in [-0.3, -0.25) is 0 Å². The zero-order valence-corrected chi connectivity index (χ0v) is 10.8. The molecule has 1 unspecified atom stereocenters. The fourth-order valence-corrected chi connectivity index (χ4v) is 1.76. The van der Waals surface area contributed by atoms with Gasteiger partial charge in [-0.1, -0.05) is 15.9 Å². The first kappa shape index (κ1) is 13.0. The minimum absolute atomic E-state index is 0.280. The average Bonchev–Trinajstić information content (AvgIpc) is 2.16. The molecule has 1 aromatic rings. The SMILES string of the molecule is COCC(C)OC(=O)c1cc(N)cc(Br)c1. The van der Waals surface area contributed by atoms with Gasteiger partial charge in [0.25, 0.3) is 0 Å². The van der Waals surface area contributed by atoms with E-state index in [1.807, 2.05) is 0 Å². The van der Waals surface area contributed by atoms with Crippen molar-refractivity contribution in [2.45, 2.75) is 13.0 Å². The van der Waals surface area contributed by atoms with Crippen LogP contribution in [0.2, 0.25) is 0 Å². The second-order valence-corrected chi connectivity index (χ2v) is 4.36. The zero-order chi connectivity index (χ0) is 12.1. The minimum atomic E-state index is -0.405. The highest BCUT2D eigenvalue weighted by atomic mass is 79.9. The number of hydrogen-bond donors (Lipinski definition) is 1. The molecular weight excluding hydrogens is 274 g/mol. The molecule has 1 rings (SSSR count). The van der Waals surface area contributed by atoms with E-state index in [2.05, 4.69) is 15.9 Å². The molecule has 0 aliphatic carbocycles. The smallest absolute Gasteiger partial charge is 0.338 e. The van der Waals surface area contributed by atoms with E-state index in [-0.39, 0.29) is 6.10 Å². The van der Waals surface area contributed by atoms with Gasteiger partial charge in [0.1, 0.15) is 6.10 Å². The predicted molar refractivity (Wildman–Crippen MR) is 65.3 cm³/mol. The van der Waals surface area contributed by atoms with Gasteiger partial charge in [-0.05, 0) is 25.1 Å². The molecule has 1 atom stereocenters. The fraction of sp³-hybridized carbons (Fsp3) is 0.364. The van der Waals surface area contributed by atoms with Crippen molar-refractivity contribution in [2.75, 3.05) is 19.5 Å². The Bertz CT molecular complexity index is 361. The molecule has 4 nitrogen and oxygen atoms in total. The first-order valence-corrected chi connectivity index (χ1v) is 5.58. The Morgan fingerprint density at radius 3 is 2.75 bits per heavy atom. The second-order valence-electron chi connectivity index (χ2n) is 3.44. The molecule has 0 saturated heterocycles. The number of ether oxygens (including phenoxy) is 2. The molecule has 0 aromatic heterocycles.